The lowest BCUT2D eigenvalue weighted by Gasteiger charge is -2.02. The summed E-state index contributed by atoms with van der Waals surface area (Å²) in [6, 6.07) is 0. The molecule has 0 saturated carbocycles. The summed E-state index contributed by atoms with van der Waals surface area (Å²) in [6.45, 7) is 0.324. The third-order valence-corrected chi connectivity index (χ3v) is 0.713. The fraction of sp³-hybridized carbons (Fsp3) is 0.667. The first-order valence-corrected chi connectivity index (χ1v) is 2.41. The second kappa shape index (κ2) is 4.63. The maximum absolute atomic E-state index is 8.78. The van der Waals surface area contributed by atoms with Crippen molar-refractivity contribution in [3.05, 3.63) is 0 Å². The summed E-state index contributed by atoms with van der Waals surface area (Å²) in [4.78, 5) is 0. The van der Waals surface area contributed by atoms with E-state index in [0.717, 1.165) is 0 Å². The highest BCUT2D eigenvalue weighted by Crippen LogP contribution is 1.87. The molecule has 0 bridgehead atoms. The van der Waals surface area contributed by atoms with Crippen molar-refractivity contribution in [2.45, 2.75) is 12.5 Å². The smallest absolute Gasteiger partial charge is 0.0882 e. The fourth-order valence-corrected chi connectivity index (χ4v) is 0.387. The molecule has 0 fully saturated rings. The van der Waals surface area contributed by atoms with Crippen molar-refractivity contribution < 1.29 is 9.84 Å². The predicted molar refractivity (Wildman–Crippen MR) is 31.3 cm³/mol. The van der Waals surface area contributed by atoms with Crippen LogP contribution in [-0.2, 0) is 4.74 Å². The van der Waals surface area contributed by atoms with Crippen molar-refractivity contribution in [2.24, 2.45) is 0 Å². The van der Waals surface area contributed by atoms with Crippen molar-refractivity contribution in [3.8, 4) is 12.3 Å². The molecule has 0 saturated heterocycles. The third kappa shape index (κ3) is 3.66. The molecule has 0 amide bonds. The minimum atomic E-state index is -0.495. The number of terminal acetylenes is 1. The highest BCUT2D eigenvalue weighted by atomic mass is 16.5. The molecule has 0 rings (SSSR count). The molecule has 2 heteroatoms. The molecule has 0 aliphatic heterocycles. The van der Waals surface area contributed by atoms with Crippen molar-refractivity contribution >= 4 is 0 Å². The topological polar surface area (TPSA) is 29.5 Å². The van der Waals surface area contributed by atoms with E-state index in [9.17, 15) is 0 Å². The van der Waals surface area contributed by atoms with E-state index in [1.54, 1.807) is 0 Å². The van der Waals surface area contributed by atoms with Crippen molar-refractivity contribution in [2.75, 3.05) is 13.7 Å². The summed E-state index contributed by atoms with van der Waals surface area (Å²) in [5.74, 6) is 2.32. The first-order valence-electron chi connectivity index (χ1n) is 2.41. The number of hydrogen-bond acceptors (Lipinski definition) is 2. The summed E-state index contributed by atoms with van der Waals surface area (Å²) in [7, 11) is 1.53. The number of rotatable bonds is 3. The van der Waals surface area contributed by atoms with Gasteiger partial charge in [-0.25, -0.2) is 0 Å². The molecule has 46 valence electrons. The molecule has 1 atom stereocenters. The van der Waals surface area contributed by atoms with Gasteiger partial charge in [-0.1, -0.05) is 0 Å². The summed E-state index contributed by atoms with van der Waals surface area (Å²) >= 11 is 0. The van der Waals surface area contributed by atoms with Crippen LogP contribution >= 0.6 is 0 Å². The maximum Gasteiger partial charge on any atom is 0.0882 e. The standard InChI is InChI=1S/C6H10O2/c1-3-4-6(7)5-8-2/h1,6-7H,4-5H2,2H3/t6-/m0/s1. The van der Waals surface area contributed by atoms with E-state index >= 15 is 0 Å². The van der Waals surface area contributed by atoms with E-state index in [1.165, 1.54) is 7.11 Å². The number of aliphatic hydroxyl groups excluding tert-OH is 1. The van der Waals surface area contributed by atoms with Crippen LogP contribution in [0.25, 0.3) is 0 Å². The van der Waals surface area contributed by atoms with Gasteiger partial charge < -0.3 is 9.84 Å². The van der Waals surface area contributed by atoms with Gasteiger partial charge in [0, 0.05) is 13.5 Å². The Morgan fingerprint density at radius 2 is 2.50 bits per heavy atom. The molecule has 0 aliphatic rings. The van der Waals surface area contributed by atoms with Gasteiger partial charge in [0.1, 0.15) is 0 Å². The van der Waals surface area contributed by atoms with Gasteiger partial charge in [-0.2, -0.15) is 0 Å². The van der Waals surface area contributed by atoms with Gasteiger partial charge in [0.05, 0.1) is 12.7 Å². The monoisotopic (exact) mass is 114 g/mol. The Morgan fingerprint density at radius 1 is 1.88 bits per heavy atom. The molecule has 0 aliphatic carbocycles. The van der Waals surface area contributed by atoms with Gasteiger partial charge in [-0.3, -0.25) is 0 Å². The SMILES string of the molecule is C#CC[C@H](O)COC. The molecule has 8 heavy (non-hydrogen) atoms. The van der Waals surface area contributed by atoms with E-state index in [-0.39, 0.29) is 0 Å². The lowest BCUT2D eigenvalue weighted by molar-refractivity contribution is 0.0680. The zero-order chi connectivity index (χ0) is 6.41. The van der Waals surface area contributed by atoms with E-state index < -0.39 is 6.10 Å². The van der Waals surface area contributed by atoms with Crippen LogP contribution in [0.4, 0.5) is 0 Å². The third-order valence-electron chi connectivity index (χ3n) is 0.713. The Morgan fingerprint density at radius 3 is 2.88 bits per heavy atom. The largest absolute Gasteiger partial charge is 0.390 e. The lowest BCUT2D eigenvalue weighted by atomic mass is 10.3. The minimum Gasteiger partial charge on any atom is -0.390 e. The van der Waals surface area contributed by atoms with Gasteiger partial charge in [0.2, 0.25) is 0 Å². The number of ether oxygens (including phenoxy) is 1. The molecule has 0 heterocycles. The van der Waals surface area contributed by atoms with Crippen LogP contribution in [0, 0.1) is 12.3 Å². The van der Waals surface area contributed by atoms with Crippen LogP contribution in [0.5, 0.6) is 0 Å². The van der Waals surface area contributed by atoms with Gasteiger partial charge in [-0.05, 0) is 0 Å². The van der Waals surface area contributed by atoms with E-state index in [0.29, 0.717) is 13.0 Å². The minimum absolute atomic E-state index is 0.324. The highest BCUT2D eigenvalue weighted by Gasteiger charge is 1.97. The maximum atomic E-state index is 8.78. The molecule has 0 aromatic rings. The van der Waals surface area contributed by atoms with Crippen LogP contribution in [-0.4, -0.2) is 24.9 Å². The first kappa shape index (κ1) is 7.48. The van der Waals surface area contributed by atoms with Crippen molar-refractivity contribution in [1.82, 2.24) is 0 Å². The summed E-state index contributed by atoms with van der Waals surface area (Å²) < 4.78 is 4.61. The average molecular weight is 114 g/mol. The van der Waals surface area contributed by atoms with Gasteiger partial charge in [0.15, 0.2) is 0 Å². The van der Waals surface area contributed by atoms with Crippen LogP contribution in [0.2, 0.25) is 0 Å². The van der Waals surface area contributed by atoms with E-state index in [1.807, 2.05) is 0 Å². The normalized spacial score (nSPS) is 12.6. The molecular weight excluding hydrogens is 104 g/mol. The first-order chi connectivity index (χ1) is 3.81. The molecular formula is C6H10O2. The quantitative estimate of drug-likeness (QED) is 0.524. The molecule has 0 unspecified atom stereocenters. The Labute approximate surface area is 49.5 Å². The second-order valence-corrected chi connectivity index (χ2v) is 1.52. The molecule has 0 aromatic heterocycles. The van der Waals surface area contributed by atoms with Crippen LogP contribution in [0.1, 0.15) is 6.42 Å². The van der Waals surface area contributed by atoms with Crippen molar-refractivity contribution in [1.29, 1.82) is 0 Å². The van der Waals surface area contributed by atoms with Crippen LogP contribution in [0.15, 0.2) is 0 Å². The number of aliphatic hydroxyl groups is 1. The molecule has 0 spiro atoms. The average Bonchev–Trinajstić information content (AvgIpc) is 1.68. The van der Waals surface area contributed by atoms with Crippen molar-refractivity contribution in [3.63, 3.8) is 0 Å². The van der Waals surface area contributed by atoms with Crippen LogP contribution < -0.4 is 0 Å². The van der Waals surface area contributed by atoms with E-state index in [4.69, 9.17) is 11.5 Å². The molecule has 2 nitrogen and oxygen atoms in total. The Balaban J connectivity index is 3.08. The zero-order valence-electron chi connectivity index (χ0n) is 4.92. The Kier molecular flexibility index (Phi) is 4.33. The summed E-state index contributed by atoms with van der Waals surface area (Å²) in [5.41, 5.74) is 0. The summed E-state index contributed by atoms with van der Waals surface area (Å²) in [5, 5.41) is 8.78. The predicted octanol–water partition coefficient (Wildman–Crippen LogP) is 0.0170. The number of methoxy groups -OCH3 is 1. The lowest BCUT2D eigenvalue weighted by Crippen LogP contribution is -2.12. The Bertz CT molecular complexity index is 83.0. The number of hydrogen-bond donors (Lipinski definition) is 1. The highest BCUT2D eigenvalue weighted by molar-refractivity contribution is 4.86. The van der Waals surface area contributed by atoms with Gasteiger partial charge in [-0.15, -0.1) is 12.3 Å². The molecule has 0 aromatic carbocycles. The van der Waals surface area contributed by atoms with Crippen LogP contribution in [0.3, 0.4) is 0 Å². The zero-order valence-corrected chi connectivity index (χ0v) is 4.92. The molecule has 1 N–H and O–H groups in total. The Hall–Kier alpha value is -0.520. The summed E-state index contributed by atoms with van der Waals surface area (Å²) in [6.07, 6.45) is 4.77. The molecule has 0 radical (unpaired) electrons. The van der Waals surface area contributed by atoms with E-state index in [2.05, 4.69) is 10.7 Å². The fourth-order valence-electron chi connectivity index (χ4n) is 0.387. The van der Waals surface area contributed by atoms with Gasteiger partial charge in [0.25, 0.3) is 0 Å². The van der Waals surface area contributed by atoms with Gasteiger partial charge >= 0.3 is 0 Å². The second-order valence-electron chi connectivity index (χ2n) is 1.52.